The molecule has 0 aliphatic carbocycles. The van der Waals surface area contributed by atoms with Crippen LogP contribution in [-0.4, -0.2) is 16.7 Å². The highest BCUT2D eigenvalue weighted by Crippen LogP contribution is 2.32. The normalized spacial score (nSPS) is 14.3. The van der Waals surface area contributed by atoms with Crippen molar-refractivity contribution >= 4 is 15.9 Å². The molecule has 0 unspecified atom stereocenters. The summed E-state index contributed by atoms with van der Waals surface area (Å²) in [4.78, 5) is 4.53. The van der Waals surface area contributed by atoms with Crippen LogP contribution in [0.3, 0.4) is 0 Å². The smallest absolute Gasteiger partial charge is 0.177 e. The second-order valence-electron chi connectivity index (χ2n) is 4.63. The standard InChI is InChI=1S/C14H14BrFN2O/c1-19-12-6-5-9(8-10(12)16)13-11-4-2-3-7-18(11)14(15)17-13/h5-6,8H,2-4,7H2,1H3. The summed E-state index contributed by atoms with van der Waals surface area (Å²) in [6, 6.07) is 4.99. The molecule has 0 bridgehead atoms. The van der Waals surface area contributed by atoms with E-state index in [1.807, 2.05) is 6.07 Å². The third kappa shape index (κ3) is 2.16. The number of hydrogen-bond acceptors (Lipinski definition) is 2. The van der Waals surface area contributed by atoms with Gasteiger partial charge in [0.15, 0.2) is 16.3 Å². The van der Waals surface area contributed by atoms with Crippen LogP contribution in [-0.2, 0) is 13.0 Å². The van der Waals surface area contributed by atoms with E-state index in [0.717, 1.165) is 35.4 Å². The van der Waals surface area contributed by atoms with Crippen molar-refractivity contribution in [2.24, 2.45) is 0 Å². The van der Waals surface area contributed by atoms with E-state index in [1.165, 1.54) is 25.3 Å². The first-order valence-electron chi connectivity index (χ1n) is 6.29. The van der Waals surface area contributed by atoms with Crippen molar-refractivity contribution in [2.75, 3.05) is 7.11 Å². The molecule has 1 aliphatic heterocycles. The lowest BCUT2D eigenvalue weighted by molar-refractivity contribution is 0.386. The van der Waals surface area contributed by atoms with Crippen molar-refractivity contribution in [3.63, 3.8) is 0 Å². The van der Waals surface area contributed by atoms with Crippen LogP contribution < -0.4 is 4.74 Å². The van der Waals surface area contributed by atoms with Gasteiger partial charge in [-0.15, -0.1) is 0 Å². The minimum Gasteiger partial charge on any atom is -0.494 e. The van der Waals surface area contributed by atoms with Gasteiger partial charge in [0.25, 0.3) is 0 Å². The molecule has 1 aliphatic rings. The van der Waals surface area contributed by atoms with Crippen molar-refractivity contribution in [3.8, 4) is 17.0 Å². The highest BCUT2D eigenvalue weighted by Gasteiger charge is 2.20. The Balaban J connectivity index is 2.09. The minimum atomic E-state index is -0.353. The summed E-state index contributed by atoms with van der Waals surface area (Å²) in [5.41, 5.74) is 2.85. The second-order valence-corrected chi connectivity index (χ2v) is 5.34. The van der Waals surface area contributed by atoms with Crippen molar-refractivity contribution in [1.29, 1.82) is 0 Å². The Morgan fingerprint density at radius 2 is 2.21 bits per heavy atom. The molecule has 1 aromatic heterocycles. The van der Waals surface area contributed by atoms with Crippen molar-refractivity contribution in [2.45, 2.75) is 25.8 Å². The summed E-state index contributed by atoms with van der Waals surface area (Å²) in [7, 11) is 1.47. The van der Waals surface area contributed by atoms with E-state index in [4.69, 9.17) is 4.74 Å². The van der Waals surface area contributed by atoms with Crippen LogP contribution in [0, 0.1) is 5.82 Å². The van der Waals surface area contributed by atoms with Crippen molar-refractivity contribution in [3.05, 3.63) is 34.4 Å². The average Bonchev–Trinajstić information content (AvgIpc) is 2.77. The van der Waals surface area contributed by atoms with Crippen molar-refractivity contribution in [1.82, 2.24) is 9.55 Å². The zero-order valence-electron chi connectivity index (χ0n) is 10.6. The molecule has 3 rings (SSSR count). The molecule has 5 heteroatoms. The first kappa shape index (κ1) is 12.7. The number of hydrogen-bond donors (Lipinski definition) is 0. The Bertz CT molecular complexity index is 624. The summed E-state index contributed by atoms with van der Waals surface area (Å²) in [5.74, 6) is -0.0930. The number of halogens is 2. The Labute approximate surface area is 119 Å². The van der Waals surface area contributed by atoms with E-state index >= 15 is 0 Å². The maximum absolute atomic E-state index is 13.8. The number of ether oxygens (including phenoxy) is 1. The highest BCUT2D eigenvalue weighted by molar-refractivity contribution is 9.10. The van der Waals surface area contributed by atoms with Gasteiger partial charge in [-0.2, -0.15) is 0 Å². The Kier molecular flexibility index (Phi) is 3.31. The molecule has 0 amide bonds. The molecule has 3 nitrogen and oxygen atoms in total. The van der Waals surface area contributed by atoms with Gasteiger partial charge in [-0.05, 0) is 53.4 Å². The van der Waals surface area contributed by atoms with Crippen LogP contribution in [0.1, 0.15) is 18.5 Å². The maximum Gasteiger partial charge on any atom is 0.177 e. The van der Waals surface area contributed by atoms with Gasteiger partial charge >= 0.3 is 0 Å². The predicted molar refractivity (Wildman–Crippen MR) is 74.8 cm³/mol. The predicted octanol–water partition coefficient (Wildman–Crippen LogP) is 3.80. The molecule has 0 fully saturated rings. The number of benzene rings is 1. The summed E-state index contributed by atoms with van der Waals surface area (Å²) in [6.45, 7) is 0.974. The molecule has 0 N–H and O–H groups in total. The van der Waals surface area contributed by atoms with E-state index < -0.39 is 0 Å². The van der Waals surface area contributed by atoms with Crippen molar-refractivity contribution < 1.29 is 9.13 Å². The fourth-order valence-corrected chi connectivity index (χ4v) is 3.11. The zero-order valence-corrected chi connectivity index (χ0v) is 12.2. The van der Waals surface area contributed by atoms with E-state index in [0.29, 0.717) is 0 Å². The molecular formula is C14H14BrFN2O. The topological polar surface area (TPSA) is 27.1 Å². The van der Waals surface area contributed by atoms with E-state index in [2.05, 4.69) is 25.5 Å². The molecule has 2 aromatic rings. The maximum atomic E-state index is 13.8. The van der Waals surface area contributed by atoms with Gasteiger partial charge in [0.1, 0.15) is 0 Å². The molecule has 0 spiro atoms. The second kappa shape index (κ2) is 4.96. The molecule has 0 saturated carbocycles. The van der Waals surface area contributed by atoms with Gasteiger partial charge in [-0.25, -0.2) is 9.37 Å². The number of fused-ring (bicyclic) bond motifs is 1. The lowest BCUT2D eigenvalue weighted by Gasteiger charge is -2.16. The van der Waals surface area contributed by atoms with E-state index in [1.54, 1.807) is 6.07 Å². The van der Waals surface area contributed by atoms with Gasteiger partial charge in [0.2, 0.25) is 0 Å². The molecule has 0 atom stereocenters. The third-order valence-electron chi connectivity index (χ3n) is 3.50. The van der Waals surface area contributed by atoms with Gasteiger partial charge < -0.3 is 9.30 Å². The summed E-state index contributed by atoms with van der Waals surface area (Å²) in [6.07, 6.45) is 3.31. The van der Waals surface area contributed by atoms with Gasteiger partial charge in [-0.3, -0.25) is 0 Å². The fourth-order valence-electron chi connectivity index (χ4n) is 2.54. The monoisotopic (exact) mass is 324 g/mol. The van der Waals surface area contributed by atoms with Crippen LogP contribution in [0.25, 0.3) is 11.3 Å². The summed E-state index contributed by atoms with van der Waals surface area (Å²) < 4.78 is 21.7. The molecule has 0 saturated heterocycles. The van der Waals surface area contributed by atoms with Gasteiger partial charge in [0.05, 0.1) is 12.8 Å². The first-order chi connectivity index (χ1) is 9.20. The third-order valence-corrected chi connectivity index (χ3v) is 4.10. The molecular weight excluding hydrogens is 311 g/mol. The average molecular weight is 325 g/mol. The quantitative estimate of drug-likeness (QED) is 0.840. The molecule has 100 valence electrons. The number of imidazole rings is 1. The lowest BCUT2D eigenvalue weighted by atomic mass is 10.0. The number of rotatable bonds is 2. The zero-order chi connectivity index (χ0) is 13.4. The van der Waals surface area contributed by atoms with Crippen LogP contribution >= 0.6 is 15.9 Å². The largest absolute Gasteiger partial charge is 0.494 e. The Morgan fingerprint density at radius 1 is 1.37 bits per heavy atom. The SMILES string of the molecule is COc1ccc(-c2nc(Br)n3c2CCCC3)cc1F. The fraction of sp³-hybridized carbons (Fsp3) is 0.357. The minimum absolute atomic E-state index is 0.260. The van der Waals surface area contributed by atoms with Crippen LogP contribution in [0.5, 0.6) is 5.75 Å². The molecule has 1 aromatic carbocycles. The number of nitrogens with zero attached hydrogens (tertiary/aromatic N) is 2. The summed E-state index contributed by atoms with van der Waals surface area (Å²) >= 11 is 3.48. The van der Waals surface area contributed by atoms with Crippen LogP contribution in [0.2, 0.25) is 0 Å². The van der Waals surface area contributed by atoms with Crippen LogP contribution in [0.4, 0.5) is 4.39 Å². The Morgan fingerprint density at radius 3 is 2.95 bits per heavy atom. The molecule has 19 heavy (non-hydrogen) atoms. The summed E-state index contributed by atoms with van der Waals surface area (Å²) in [5, 5.41) is 0. The molecule has 0 radical (unpaired) electrons. The van der Waals surface area contributed by atoms with Gasteiger partial charge in [0, 0.05) is 17.8 Å². The van der Waals surface area contributed by atoms with Gasteiger partial charge in [-0.1, -0.05) is 0 Å². The Hall–Kier alpha value is -1.36. The highest BCUT2D eigenvalue weighted by atomic mass is 79.9. The first-order valence-corrected chi connectivity index (χ1v) is 7.09. The van der Waals surface area contributed by atoms with E-state index in [-0.39, 0.29) is 11.6 Å². The van der Waals surface area contributed by atoms with E-state index in [9.17, 15) is 4.39 Å². The van der Waals surface area contributed by atoms with Crippen LogP contribution in [0.15, 0.2) is 22.9 Å². The number of aromatic nitrogens is 2. The molecule has 2 heterocycles. The number of methoxy groups -OCH3 is 1. The lowest BCUT2D eigenvalue weighted by Crippen LogP contribution is -2.10.